The van der Waals surface area contributed by atoms with E-state index >= 15 is 4.39 Å². The van der Waals surface area contributed by atoms with E-state index < -0.39 is 11.1 Å². The van der Waals surface area contributed by atoms with Crippen molar-refractivity contribution in [3.8, 4) is 22.6 Å². The zero-order valence-corrected chi connectivity index (χ0v) is 22.3. The number of anilines is 3. The van der Waals surface area contributed by atoms with Gasteiger partial charge in [-0.05, 0) is 13.0 Å². The van der Waals surface area contributed by atoms with Crippen LogP contribution in [0.1, 0.15) is 5.69 Å². The molecule has 0 atom stereocenters. The van der Waals surface area contributed by atoms with Crippen molar-refractivity contribution in [3.05, 3.63) is 48.4 Å². The summed E-state index contributed by atoms with van der Waals surface area (Å²) in [6, 6.07) is 3.76. The number of aromatic nitrogens is 4. The molecule has 0 saturated carbocycles. The van der Waals surface area contributed by atoms with Crippen molar-refractivity contribution in [2.45, 2.75) is 12.2 Å². The van der Waals surface area contributed by atoms with Crippen molar-refractivity contribution in [1.82, 2.24) is 19.7 Å². The minimum atomic E-state index is -0.591. The number of methoxy groups -OCH3 is 1. The molecule has 0 spiro atoms. The smallest absolute Gasteiger partial charge is 0.213 e. The van der Waals surface area contributed by atoms with Gasteiger partial charge in [0, 0.05) is 55.2 Å². The highest BCUT2D eigenvalue weighted by Crippen LogP contribution is 2.45. The van der Waals surface area contributed by atoms with Crippen LogP contribution >= 0.6 is 0 Å². The van der Waals surface area contributed by atoms with Gasteiger partial charge >= 0.3 is 0 Å². The Kier molecular flexibility index (Phi) is 6.90. The summed E-state index contributed by atoms with van der Waals surface area (Å²) in [4.78, 5) is 23.5. The van der Waals surface area contributed by atoms with Gasteiger partial charge < -0.3 is 19.3 Å². The van der Waals surface area contributed by atoms with E-state index in [0.29, 0.717) is 34.4 Å². The molecule has 0 bridgehead atoms. The van der Waals surface area contributed by atoms with Crippen LogP contribution in [-0.2, 0) is 11.8 Å². The first kappa shape index (κ1) is 26.1. The van der Waals surface area contributed by atoms with E-state index in [9.17, 15) is 4.79 Å². The predicted octanol–water partition coefficient (Wildman–Crippen LogP) is 0.736. The van der Waals surface area contributed by atoms with Crippen LogP contribution in [0.2, 0.25) is 0 Å². The third-order valence-electron chi connectivity index (χ3n) is 5.91. The van der Waals surface area contributed by atoms with Crippen molar-refractivity contribution in [2.75, 3.05) is 31.0 Å². The number of nitrogens with zero attached hydrogens (tertiary/aromatic N) is 6. The molecule has 0 aliphatic heterocycles. The maximum absolute atomic E-state index is 15.4. The largest absolute Gasteiger partial charge is 0.510 e. The minimum Gasteiger partial charge on any atom is -0.510 e. The summed E-state index contributed by atoms with van der Waals surface area (Å²) in [6.07, 6.45) is 6.81. The fourth-order valence-corrected chi connectivity index (χ4v) is 4.36. The van der Waals surface area contributed by atoms with Gasteiger partial charge in [0.2, 0.25) is 6.41 Å². The van der Waals surface area contributed by atoms with Gasteiger partial charge in [0.1, 0.15) is 35.0 Å². The maximum atomic E-state index is 15.4. The van der Waals surface area contributed by atoms with Crippen LogP contribution in [0, 0.1) is 12.7 Å². The molecule has 0 fully saturated rings. The molecule has 1 aromatic carbocycles. The molecular weight excluding hydrogens is 472 g/mol. The molecule has 13 heteroatoms. The van der Waals surface area contributed by atoms with Gasteiger partial charge in [0.25, 0.3) is 0 Å². The number of halogens is 1. The SMILES string of the molecule is BC(B)(B)Oc1cncc(F)c1N(C)c1c(N(C)C=O)cnc2cc(OC)c(-c3cn(C)nc3C)cc12. The van der Waals surface area contributed by atoms with E-state index in [1.54, 1.807) is 37.0 Å². The summed E-state index contributed by atoms with van der Waals surface area (Å²) >= 11 is 0. The molecular formula is C24H28B3FN6O3. The quantitative estimate of drug-likeness (QED) is 0.261. The lowest BCUT2D eigenvalue weighted by molar-refractivity contribution is -0.107. The van der Waals surface area contributed by atoms with Crippen molar-refractivity contribution in [3.63, 3.8) is 0 Å². The van der Waals surface area contributed by atoms with Crippen LogP contribution in [0.3, 0.4) is 0 Å². The summed E-state index contributed by atoms with van der Waals surface area (Å²) in [7, 11) is 12.4. The van der Waals surface area contributed by atoms with E-state index in [1.807, 2.05) is 55.8 Å². The van der Waals surface area contributed by atoms with Crippen molar-refractivity contribution >= 4 is 57.9 Å². The molecule has 0 aliphatic carbocycles. The fourth-order valence-electron chi connectivity index (χ4n) is 4.36. The number of carbonyl (C=O) groups excluding carboxylic acids is 1. The first-order valence-corrected chi connectivity index (χ1v) is 11.7. The molecule has 0 N–H and O–H groups in total. The lowest BCUT2D eigenvalue weighted by Crippen LogP contribution is -2.38. The third kappa shape index (κ3) is 4.98. The van der Waals surface area contributed by atoms with Crippen LogP contribution in [0.15, 0.2) is 36.9 Å². The van der Waals surface area contributed by atoms with Crippen LogP contribution in [0.5, 0.6) is 11.5 Å². The number of pyridine rings is 2. The average molecular weight is 500 g/mol. The van der Waals surface area contributed by atoms with Crippen LogP contribution < -0.4 is 19.3 Å². The standard InChI is InChI=1S/C24H28B3FN6O3/c1-13-16(11-33(3)31-13)14-6-15-18(7-20(14)36-5)30-9-19(32(2)12-35)22(15)34(4)23-17(28)8-29-10-21(23)37-24(25,26)27/h6-12H,25-27H2,1-5H3. The number of hydrogen-bond acceptors (Lipinski definition) is 7. The second-order valence-corrected chi connectivity index (χ2v) is 9.82. The van der Waals surface area contributed by atoms with Crippen molar-refractivity contribution in [2.24, 2.45) is 7.05 Å². The van der Waals surface area contributed by atoms with Crippen molar-refractivity contribution in [1.29, 1.82) is 0 Å². The Labute approximate surface area is 217 Å². The molecule has 0 saturated heterocycles. The van der Waals surface area contributed by atoms with Gasteiger partial charge in [-0.2, -0.15) is 5.10 Å². The molecule has 9 nitrogen and oxygen atoms in total. The lowest BCUT2D eigenvalue weighted by Gasteiger charge is -2.30. The first-order chi connectivity index (χ1) is 17.4. The molecule has 4 aromatic rings. The highest BCUT2D eigenvalue weighted by atomic mass is 19.1. The predicted molar refractivity (Wildman–Crippen MR) is 151 cm³/mol. The van der Waals surface area contributed by atoms with Gasteiger partial charge in [0.15, 0.2) is 11.6 Å². The Morgan fingerprint density at radius 3 is 2.41 bits per heavy atom. The highest BCUT2D eigenvalue weighted by molar-refractivity contribution is 6.58. The van der Waals surface area contributed by atoms with Crippen LogP contribution in [-0.4, -0.2) is 76.2 Å². The summed E-state index contributed by atoms with van der Waals surface area (Å²) in [5.41, 5.74) is 4.36. The Bertz CT molecular complexity index is 1490. The van der Waals surface area contributed by atoms with E-state index in [2.05, 4.69) is 15.1 Å². The lowest BCUT2D eigenvalue weighted by atomic mass is 9.52. The molecule has 0 radical (unpaired) electrons. The average Bonchev–Trinajstić information content (AvgIpc) is 3.18. The molecule has 3 aromatic heterocycles. The van der Waals surface area contributed by atoms with Crippen LogP contribution in [0.4, 0.5) is 21.5 Å². The molecule has 1 amide bonds. The number of amides is 1. The monoisotopic (exact) mass is 500 g/mol. The first-order valence-electron chi connectivity index (χ1n) is 11.7. The number of hydrogen-bond donors (Lipinski definition) is 0. The molecule has 4 rings (SSSR count). The van der Waals surface area contributed by atoms with Crippen LogP contribution in [0.25, 0.3) is 22.0 Å². The van der Waals surface area contributed by atoms with Gasteiger partial charge in [-0.15, -0.1) is 0 Å². The number of benzene rings is 1. The Hall–Kier alpha value is -4.02. The second kappa shape index (κ2) is 9.80. The Morgan fingerprint density at radius 1 is 1.08 bits per heavy atom. The molecule has 0 unspecified atom stereocenters. The van der Waals surface area contributed by atoms with Gasteiger partial charge in [-0.3, -0.25) is 19.4 Å². The van der Waals surface area contributed by atoms with Gasteiger partial charge in [-0.1, -0.05) is 0 Å². The fraction of sp³-hybridized carbons (Fsp3) is 0.250. The molecule has 3 heterocycles. The number of ether oxygens (including phenoxy) is 2. The zero-order valence-electron chi connectivity index (χ0n) is 22.3. The topological polar surface area (TPSA) is 85.6 Å². The van der Waals surface area contributed by atoms with Crippen molar-refractivity contribution < 1.29 is 18.7 Å². The molecule has 37 heavy (non-hydrogen) atoms. The zero-order chi connectivity index (χ0) is 27.1. The van der Waals surface area contributed by atoms with E-state index in [1.165, 1.54) is 11.1 Å². The minimum absolute atomic E-state index is 0.188. The van der Waals surface area contributed by atoms with Gasteiger partial charge in [-0.25, -0.2) is 4.39 Å². The molecule has 188 valence electrons. The summed E-state index contributed by atoms with van der Waals surface area (Å²) < 4.78 is 28.9. The molecule has 0 aliphatic rings. The number of rotatable bonds is 8. The summed E-state index contributed by atoms with van der Waals surface area (Å²) in [5, 5.41) is 4.57. The number of fused-ring (bicyclic) bond motifs is 1. The maximum Gasteiger partial charge on any atom is 0.213 e. The third-order valence-corrected chi connectivity index (χ3v) is 5.91. The van der Waals surface area contributed by atoms with E-state index in [0.717, 1.165) is 23.0 Å². The van der Waals surface area contributed by atoms with E-state index in [-0.39, 0.29) is 11.4 Å². The summed E-state index contributed by atoms with van der Waals surface area (Å²) in [6.45, 7) is 1.92. The Balaban J connectivity index is 2.06. The normalized spacial score (nSPS) is 11.4. The number of aryl methyl sites for hydroxylation is 2. The second-order valence-electron chi connectivity index (χ2n) is 9.82. The van der Waals surface area contributed by atoms with Gasteiger partial charge in [0.05, 0.1) is 48.3 Å². The Morgan fingerprint density at radius 2 is 1.81 bits per heavy atom. The summed E-state index contributed by atoms with van der Waals surface area (Å²) in [5.74, 6) is 0.329. The highest BCUT2D eigenvalue weighted by Gasteiger charge is 2.26. The van der Waals surface area contributed by atoms with E-state index in [4.69, 9.17) is 9.47 Å². The number of carbonyl (C=O) groups is 1.